The van der Waals surface area contributed by atoms with Crippen LogP contribution in [-0.2, 0) is 9.53 Å². The average Bonchev–Trinajstić information content (AvgIpc) is 3.04. The van der Waals surface area contributed by atoms with Gasteiger partial charge in [-0.15, -0.1) is 11.3 Å². The first-order valence-electron chi connectivity index (χ1n) is 7.43. The van der Waals surface area contributed by atoms with E-state index in [0.717, 1.165) is 17.4 Å². The van der Waals surface area contributed by atoms with Crippen molar-refractivity contribution < 1.29 is 23.6 Å². The third kappa shape index (κ3) is 4.39. The lowest BCUT2D eigenvalue weighted by Gasteiger charge is -2.07. The van der Waals surface area contributed by atoms with E-state index in [-0.39, 0.29) is 21.3 Å². The van der Waals surface area contributed by atoms with Gasteiger partial charge in [-0.25, -0.2) is 9.18 Å². The Labute approximate surface area is 160 Å². The van der Waals surface area contributed by atoms with E-state index in [9.17, 15) is 24.1 Å². The zero-order valence-corrected chi connectivity index (χ0v) is 15.0. The minimum Gasteiger partial charge on any atom is -0.451 e. The Hall–Kier alpha value is -3.04. The SMILES string of the molecule is O=C(COC(=O)c1cc2cc(F)ccc2s1)Nc1ccc([N+](=O)[O-])cc1Cl. The van der Waals surface area contributed by atoms with Crippen molar-refractivity contribution in [3.05, 3.63) is 68.3 Å². The molecular formula is C17H10ClFN2O5S. The van der Waals surface area contributed by atoms with Crippen LogP contribution in [0.15, 0.2) is 42.5 Å². The van der Waals surface area contributed by atoms with Gasteiger partial charge in [-0.1, -0.05) is 11.6 Å². The van der Waals surface area contributed by atoms with E-state index in [1.165, 1.54) is 30.3 Å². The summed E-state index contributed by atoms with van der Waals surface area (Å²) >= 11 is 7.00. The molecule has 10 heteroatoms. The molecule has 2 aromatic carbocycles. The molecule has 1 aromatic heterocycles. The van der Waals surface area contributed by atoms with E-state index in [1.807, 2.05) is 0 Å². The van der Waals surface area contributed by atoms with E-state index < -0.39 is 29.2 Å². The summed E-state index contributed by atoms with van der Waals surface area (Å²) in [5.74, 6) is -1.80. The fraction of sp³-hybridized carbons (Fsp3) is 0.0588. The number of fused-ring (bicyclic) bond motifs is 1. The second-order valence-electron chi connectivity index (χ2n) is 5.34. The molecule has 0 saturated carbocycles. The number of ether oxygens (including phenoxy) is 1. The molecule has 0 aliphatic rings. The number of anilines is 1. The van der Waals surface area contributed by atoms with Crippen molar-refractivity contribution in [2.45, 2.75) is 0 Å². The van der Waals surface area contributed by atoms with Crippen molar-refractivity contribution in [2.24, 2.45) is 0 Å². The van der Waals surface area contributed by atoms with Gasteiger partial charge in [-0.3, -0.25) is 14.9 Å². The van der Waals surface area contributed by atoms with Crippen LogP contribution in [0.5, 0.6) is 0 Å². The second-order valence-corrected chi connectivity index (χ2v) is 6.83. The minimum atomic E-state index is -0.721. The Balaban J connectivity index is 1.61. The van der Waals surface area contributed by atoms with Crippen molar-refractivity contribution in [1.82, 2.24) is 0 Å². The number of nitrogens with one attached hydrogen (secondary N) is 1. The lowest BCUT2D eigenvalue weighted by Crippen LogP contribution is -2.20. The molecule has 27 heavy (non-hydrogen) atoms. The van der Waals surface area contributed by atoms with Crippen LogP contribution in [0.4, 0.5) is 15.8 Å². The molecule has 0 spiro atoms. The molecule has 7 nitrogen and oxygen atoms in total. The number of amides is 1. The van der Waals surface area contributed by atoms with Gasteiger partial charge in [-0.2, -0.15) is 0 Å². The minimum absolute atomic E-state index is 0.0181. The molecule has 0 fully saturated rings. The fourth-order valence-electron chi connectivity index (χ4n) is 2.22. The number of benzene rings is 2. The number of non-ortho nitro benzene ring substituents is 1. The highest BCUT2D eigenvalue weighted by atomic mass is 35.5. The topological polar surface area (TPSA) is 98.5 Å². The largest absolute Gasteiger partial charge is 0.451 e. The zero-order chi connectivity index (χ0) is 19.6. The van der Waals surface area contributed by atoms with Crippen molar-refractivity contribution >= 4 is 56.3 Å². The lowest BCUT2D eigenvalue weighted by molar-refractivity contribution is -0.384. The summed E-state index contributed by atoms with van der Waals surface area (Å²) in [6, 6.07) is 9.18. The predicted octanol–water partition coefficient (Wildman–Crippen LogP) is 4.40. The van der Waals surface area contributed by atoms with Crippen LogP contribution in [-0.4, -0.2) is 23.4 Å². The highest BCUT2D eigenvalue weighted by Gasteiger charge is 2.16. The van der Waals surface area contributed by atoms with Crippen molar-refractivity contribution in [2.75, 3.05) is 11.9 Å². The summed E-state index contributed by atoms with van der Waals surface area (Å²) in [4.78, 5) is 34.2. The number of carbonyl (C=O) groups is 2. The van der Waals surface area contributed by atoms with Crippen LogP contribution in [0.1, 0.15) is 9.67 Å². The Morgan fingerprint density at radius 1 is 1.22 bits per heavy atom. The van der Waals surface area contributed by atoms with Gasteiger partial charge in [-0.05, 0) is 35.7 Å². The van der Waals surface area contributed by atoms with Gasteiger partial charge >= 0.3 is 5.97 Å². The van der Waals surface area contributed by atoms with Gasteiger partial charge in [0, 0.05) is 16.8 Å². The van der Waals surface area contributed by atoms with Crippen molar-refractivity contribution in [1.29, 1.82) is 0 Å². The Bertz CT molecular complexity index is 1070. The van der Waals surface area contributed by atoms with Gasteiger partial charge in [0.05, 0.1) is 15.6 Å². The fourth-order valence-corrected chi connectivity index (χ4v) is 3.38. The van der Waals surface area contributed by atoms with Crippen LogP contribution < -0.4 is 5.32 Å². The number of esters is 1. The van der Waals surface area contributed by atoms with E-state index >= 15 is 0 Å². The van der Waals surface area contributed by atoms with Crippen LogP contribution in [0.3, 0.4) is 0 Å². The average molecular weight is 409 g/mol. The third-order valence-corrected chi connectivity index (χ3v) is 4.86. The summed E-state index contributed by atoms with van der Waals surface area (Å²) in [5, 5.41) is 13.6. The standard InChI is InChI=1S/C17H10ClFN2O5S/c18-12-7-11(21(24)25)2-3-13(12)20-16(22)8-26-17(23)15-6-9-5-10(19)1-4-14(9)27-15/h1-7H,8H2,(H,20,22). The molecule has 0 atom stereocenters. The predicted molar refractivity (Wildman–Crippen MR) is 98.8 cm³/mol. The molecule has 3 rings (SSSR count). The van der Waals surface area contributed by atoms with Gasteiger partial charge in [0.15, 0.2) is 6.61 Å². The van der Waals surface area contributed by atoms with Gasteiger partial charge < -0.3 is 10.1 Å². The lowest BCUT2D eigenvalue weighted by atomic mass is 10.2. The van der Waals surface area contributed by atoms with Crippen LogP contribution in [0, 0.1) is 15.9 Å². The molecule has 1 amide bonds. The molecule has 1 heterocycles. The number of nitro benzene ring substituents is 1. The molecule has 0 aliphatic carbocycles. The Kier molecular flexibility index (Phi) is 5.33. The molecular weight excluding hydrogens is 399 g/mol. The van der Waals surface area contributed by atoms with Crippen LogP contribution >= 0.6 is 22.9 Å². The quantitative estimate of drug-likeness (QED) is 0.383. The van der Waals surface area contributed by atoms with Crippen LogP contribution in [0.2, 0.25) is 5.02 Å². The summed E-state index contributed by atoms with van der Waals surface area (Å²) in [6.45, 7) is -0.575. The zero-order valence-electron chi connectivity index (χ0n) is 13.4. The van der Waals surface area contributed by atoms with Crippen LogP contribution in [0.25, 0.3) is 10.1 Å². The smallest absolute Gasteiger partial charge is 0.348 e. The number of rotatable bonds is 5. The van der Waals surface area contributed by atoms with Crippen molar-refractivity contribution in [3.8, 4) is 0 Å². The first-order chi connectivity index (χ1) is 12.8. The number of hydrogen-bond acceptors (Lipinski definition) is 6. The molecule has 0 unspecified atom stereocenters. The highest BCUT2D eigenvalue weighted by molar-refractivity contribution is 7.20. The molecule has 0 radical (unpaired) electrons. The third-order valence-electron chi connectivity index (χ3n) is 3.45. The van der Waals surface area contributed by atoms with Gasteiger partial charge in [0.2, 0.25) is 0 Å². The number of nitrogens with zero attached hydrogens (tertiary/aromatic N) is 1. The van der Waals surface area contributed by atoms with E-state index in [1.54, 1.807) is 6.07 Å². The van der Waals surface area contributed by atoms with Gasteiger partial charge in [0.1, 0.15) is 10.7 Å². The number of hydrogen-bond donors (Lipinski definition) is 1. The number of carbonyl (C=O) groups excluding carboxylic acids is 2. The number of halogens is 2. The van der Waals surface area contributed by atoms with Gasteiger partial charge in [0.25, 0.3) is 11.6 Å². The molecule has 0 bridgehead atoms. The maximum atomic E-state index is 13.2. The molecule has 1 N–H and O–H groups in total. The summed E-state index contributed by atoms with van der Waals surface area (Å²) < 4.78 is 18.8. The van der Waals surface area contributed by atoms with E-state index in [4.69, 9.17) is 16.3 Å². The maximum absolute atomic E-state index is 13.2. The highest BCUT2D eigenvalue weighted by Crippen LogP contribution is 2.28. The summed E-state index contributed by atoms with van der Waals surface area (Å²) in [5.41, 5.74) is -0.0636. The Morgan fingerprint density at radius 3 is 2.70 bits per heavy atom. The molecule has 0 aliphatic heterocycles. The van der Waals surface area contributed by atoms with Crippen molar-refractivity contribution in [3.63, 3.8) is 0 Å². The molecule has 0 saturated heterocycles. The second kappa shape index (κ2) is 7.68. The monoisotopic (exact) mass is 408 g/mol. The maximum Gasteiger partial charge on any atom is 0.348 e. The van der Waals surface area contributed by atoms with E-state index in [2.05, 4.69) is 5.32 Å². The number of thiophene rings is 1. The first-order valence-corrected chi connectivity index (χ1v) is 8.63. The summed E-state index contributed by atoms with van der Waals surface area (Å²) in [7, 11) is 0. The number of nitro groups is 1. The molecule has 138 valence electrons. The molecule has 3 aromatic rings. The first kappa shape index (κ1) is 18.7. The normalized spacial score (nSPS) is 10.6. The van der Waals surface area contributed by atoms with E-state index in [0.29, 0.717) is 10.1 Å². The summed E-state index contributed by atoms with van der Waals surface area (Å²) in [6.07, 6.45) is 0. The Morgan fingerprint density at radius 2 is 2.00 bits per heavy atom.